The van der Waals surface area contributed by atoms with Crippen molar-refractivity contribution in [3.63, 3.8) is 0 Å². The molecule has 0 radical (unpaired) electrons. The number of hydrogen-bond donors (Lipinski definition) is 1. The van der Waals surface area contributed by atoms with E-state index < -0.39 is 10.1 Å². The molecule has 1 N–H and O–H groups in total. The van der Waals surface area contributed by atoms with Crippen LogP contribution >= 0.6 is 0 Å². The minimum absolute atomic E-state index is 0.00362. The van der Waals surface area contributed by atoms with Crippen LogP contribution in [0.25, 0.3) is 10.8 Å². The molecule has 0 spiro atoms. The molecule has 0 aliphatic rings. The normalized spacial score (nSPS) is 12.0. The van der Waals surface area contributed by atoms with Crippen LogP contribution in [0, 0.1) is 0 Å². The van der Waals surface area contributed by atoms with Crippen molar-refractivity contribution in [1.82, 2.24) is 0 Å². The van der Waals surface area contributed by atoms with E-state index in [1.54, 1.807) is 12.1 Å². The van der Waals surface area contributed by atoms with E-state index in [0.29, 0.717) is 0 Å². The monoisotopic (exact) mass is 657 g/mol. The van der Waals surface area contributed by atoms with Gasteiger partial charge in [-0.05, 0) is 59.7 Å². The second-order valence-electron chi connectivity index (χ2n) is 14.3. The molecule has 0 unspecified atom stereocenters. The van der Waals surface area contributed by atoms with E-state index in [1.807, 2.05) is 6.07 Å². The highest BCUT2D eigenvalue weighted by atomic mass is 32.2. The second-order valence-corrected chi connectivity index (χ2v) is 15.7. The fourth-order valence-electron chi connectivity index (χ4n) is 7.04. The number of aryl methyl sites for hydroxylation is 2. The van der Waals surface area contributed by atoms with Gasteiger partial charge in [-0.1, -0.05) is 199 Å². The molecule has 264 valence electrons. The Hall–Kier alpha value is -1.39. The average Bonchev–Trinajstić information content (AvgIpc) is 3.04. The molecule has 0 saturated heterocycles. The third-order valence-corrected chi connectivity index (χ3v) is 10.8. The fourth-order valence-corrected chi connectivity index (χ4v) is 7.56. The van der Waals surface area contributed by atoms with Crippen LogP contribution in [-0.2, 0) is 23.0 Å². The molecule has 0 saturated carbocycles. The molecule has 0 aromatic heterocycles. The number of benzene rings is 2. The third-order valence-electron chi connectivity index (χ3n) is 9.99. The van der Waals surface area contributed by atoms with Crippen molar-refractivity contribution >= 4 is 20.9 Å². The first-order valence-electron chi connectivity index (χ1n) is 20.0. The van der Waals surface area contributed by atoms with E-state index in [0.717, 1.165) is 23.6 Å². The summed E-state index contributed by atoms with van der Waals surface area (Å²) in [4.78, 5) is -0.00362. The van der Waals surface area contributed by atoms with Gasteiger partial charge in [0.05, 0.1) is 4.90 Å². The zero-order chi connectivity index (χ0) is 33.1. The van der Waals surface area contributed by atoms with Gasteiger partial charge in [-0.15, -0.1) is 0 Å². The molecule has 46 heavy (non-hydrogen) atoms. The second kappa shape index (κ2) is 26.6. The Bertz CT molecular complexity index is 1120. The zero-order valence-electron chi connectivity index (χ0n) is 30.3. The highest BCUT2D eigenvalue weighted by Crippen LogP contribution is 2.27. The Labute approximate surface area is 285 Å². The average molecular weight is 657 g/mol. The molecule has 2 aromatic carbocycles. The molecule has 0 bridgehead atoms. The van der Waals surface area contributed by atoms with Crippen LogP contribution in [0.4, 0.5) is 0 Å². The van der Waals surface area contributed by atoms with E-state index in [4.69, 9.17) is 0 Å². The standard InChI is InChI=1S/C42H72O3S/c1-3-5-7-9-11-13-15-17-19-21-23-25-27-29-31-38-35-39(42-34-33-41(46(43,44)45)37-40(42)36-38)32-30-28-26-24-22-20-18-16-14-12-10-8-6-4-2/h33-37H,3-32H2,1-2H3,(H,43,44,45). The highest BCUT2D eigenvalue weighted by molar-refractivity contribution is 7.85. The summed E-state index contributed by atoms with van der Waals surface area (Å²) < 4.78 is 33.3. The Balaban J connectivity index is 1.69. The molecule has 0 atom stereocenters. The smallest absolute Gasteiger partial charge is 0.282 e. The van der Waals surface area contributed by atoms with E-state index in [-0.39, 0.29) is 4.90 Å². The van der Waals surface area contributed by atoms with Gasteiger partial charge in [-0.3, -0.25) is 4.55 Å². The maximum Gasteiger partial charge on any atom is 0.294 e. The van der Waals surface area contributed by atoms with Crippen molar-refractivity contribution < 1.29 is 13.0 Å². The molecule has 0 heterocycles. The summed E-state index contributed by atoms with van der Waals surface area (Å²) in [5.41, 5.74) is 2.64. The molecule has 3 nitrogen and oxygen atoms in total. The van der Waals surface area contributed by atoms with E-state index in [1.165, 1.54) is 191 Å². The lowest BCUT2D eigenvalue weighted by atomic mass is 9.94. The van der Waals surface area contributed by atoms with E-state index in [2.05, 4.69) is 26.0 Å². The van der Waals surface area contributed by atoms with Gasteiger partial charge in [0.25, 0.3) is 10.1 Å². The third kappa shape index (κ3) is 19.4. The lowest BCUT2D eigenvalue weighted by molar-refractivity contribution is 0.483. The fraction of sp³-hybridized carbons (Fsp3) is 0.762. The van der Waals surface area contributed by atoms with Crippen molar-refractivity contribution in [3.8, 4) is 0 Å². The summed E-state index contributed by atoms with van der Waals surface area (Å²) in [7, 11) is -4.21. The minimum atomic E-state index is -4.21. The molecule has 0 aliphatic carbocycles. The summed E-state index contributed by atoms with van der Waals surface area (Å²) in [6.07, 6.45) is 40.2. The Morgan fingerprint density at radius 2 is 0.826 bits per heavy atom. The van der Waals surface area contributed by atoms with Crippen LogP contribution in [0.1, 0.15) is 205 Å². The lowest BCUT2D eigenvalue weighted by Gasteiger charge is -2.12. The summed E-state index contributed by atoms with van der Waals surface area (Å²) in [6, 6.07) is 9.64. The van der Waals surface area contributed by atoms with Crippen molar-refractivity contribution in [2.24, 2.45) is 0 Å². The van der Waals surface area contributed by atoms with Crippen molar-refractivity contribution in [1.29, 1.82) is 0 Å². The summed E-state index contributed by atoms with van der Waals surface area (Å²) in [5.74, 6) is 0. The molecule has 0 amide bonds. The largest absolute Gasteiger partial charge is 0.294 e. The molecule has 0 aliphatic heterocycles. The topological polar surface area (TPSA) is 54.4 Å². The first-order valence-corrected chi connectivity index (χ1v) is 21.4. The first-order chi connectivity index (χ1) is 22.5. The van der Waals surface area contributed by atoms with Crippen LogP contribution < -0.4 is 0 Å². The zero-order valence-corrected chi connectivity index (χ0v) is 31.1. The maximum absolute atomic E-state index is 11.8. The molecular weight excluding hydrogens is 585 g/mol. The maximum atomic E-state index is 11.8. The SMILES string of the molecule is CCCCCCCCCCCCCCCCc1cc(CCCCCCCCCCCCCCCC)c2ccc(S(=O)(=O)O)cc2c1. The van der Waals surface area contributed by atoms with E-state index in [9.17, 15) is 13.0 Å². The molecular formula is C42H72O3S. The Morgan fingerprint density at radius 1 is 0.457 bits per heavy atom. The van der Waals surface area contributed by atoms with Crippen LogP contribution in [0.2, 0.25) is 0 Å². The predicted octanol–water partition coefficient (Wildman–Crippen LogP) is 14.1. The van der Waals surface area contributed by atoms with Crippen molar-refractivity contribution in [2.75, 3.05) is 0 Å². The number of fused-ring (bicyclic) bond motifs is 1. The Kier molecular flexibility index (Phi) is 23.5. The molecule has 4 heteroatoms. The number of hydrogen-bond acceptors (Lipinski definition) is 2. The van der Waals surface area contributed by atoms with Gasteiger partial charge in [0.2, 0.25) is 0 Å². The summed E-state index contributed by atoms with van der Waals surface area (Å²) in [6.45, 7) is 4.57. The van der Waals surface area contributed by atoms with Crippen LogP contribution in [0.5, 0.6) is 0 Å². The van der Waals surface area contributed by atoms with Gasteiger partial charge in [0, 0.05) is 0 Å². The Morgan fingerprint density at radius 3 is 1.22 bits per heavy atom. The number of rotatable bonds is 31. The van der Waals surface area contributed by atoms with Gasteiger partial charge in [-0.25, -0.2) is 0 Å². The van der Waals surface area contributed by atoms with E-state index >= 15 is 0 Å². The predicted molar refractivity (Wildman–Crippen MR) is 202 cm³/mol. The van der Waals surface area contributed by atoms with Gasteiger partial charge < -0.3 is 0 Å². The lowest BCUT2D eigenvalue weighted by Crippen LogP contribution is -1.99. The highest BCUT2D eigenvalue weighted by Gasteiger charge is 2.12. The molecule has 2 aromatic rings. The first kappa shape index (κ1) is 40.8. The molecule has 2 rings (SSSR count). The van der Waals surface area contributed by atoms with Gasteiger partial charge >= 0.3 is 0 Å². The minimum Gasteiger partial charge on any atom is -0.282 e. The van der Waals surface area contributed by atoms with Crippen LogP contribution in [-0.4, -0.2) is 13.0 Å². The van der Waals surface area contributed by atoms with Gasteiger partial charge in [0.15, 0.2) is 0 Å². The van der Waals surface area contributed by atoms with Gasteiger partial charge in [0.1, 0.15) is 0 Å². The summed E-state index contributed by atoms with van der Waals surface area (Å²) >= 11 is 0. The van der Waals surface area contributed by atoms with Crippen molar-refractivity contribution in [2.45, 2.75) is 211 Å². The quantitative estimate of drug-likeness (QED) is 0.0649. The van der Waals surface area contributed by atoms with Crippen LogP contribution in [0.3, 0.4) is 0 Å². The summed E-state index contributed by atoms with van der Waals surface area (Å²) in [5, 5.41) is 2.07. The van der Waals surface area contributed by atoms with Crippen molar-refractivity contribution in [3.05, 3.63) is 41.5 Å². The number of unbranched alkanes of at least 4 members (excludes halogenated alkanes) is 26. The molecule has 0 fully saturated rings. The van der Waals surface area contributed by atoms with Crippen LogP contribution in [0.15, 0.2) is 35.2 Å². The van der Waals surface area contributed by atoms with Gasteiger partial charge in [-0.2, -0.15) is 8.42 Å².